The molecular weight excluding hydrogens is 328 g/mol. The number of sulfonamides is 1. The van der Waals surface area contributed by atoms with Crippen molar-refractivity contribution in [1.29, 1.82) is 0 Å². The largest absolute Gasteiger partial charge is 0.476 e. The van der Waals surface area contributed by atoms with Crippen LogP contribution in [-0.4, -0.2) is 27.0 Å². The lowest BCUT2D eigenvalue weighted by molar-refractivity contribution is -0.124. The standard InChI is InChI=1S/C17H18N2O4S/c1-11-7-8-12(2)16(9-11)24(21,22)19-10-15(17(18)20)23-14-6-4-3-5-13(14)19/h3-9,15H,10H2,1-2H3,(H2,18,20)/t15-/m1/s1. The minimum Gasteiger partial charge on any atom is -0.476 e. The van der Waals surface area contributed by atoms with E-state index in [1.54, 1.807) is 43.3 Å². The number of primary amides is 1. The summed E-state index contributed by atoms with van der Waals surface area (Å²) in [6.07, 6.45) is -1.03. The number of carbonyl (C=O) groups excluding carboxylic acids is 1. The fourth-order valence-corrected chi connectivity index (χ4v) is 4.47. The van der Waals surface area contributed by atoms with Gasteiger partial charge < -0.3 is 10.5 Å². The van der Waals surface area contributed by atoms with Crippen molar-refractivity contribution in [2.45, 2.75) is 24.8 Å². The maximum Gasteiger partial charge on any atom is 0.264 e. The highest BCUT2D eigenvalue weighted by Crippen LogP contribution is 2.37. The summed E-state index contributed by atoms with van der Waals surface area (Å²) in [7, 11) is -3.85. The first-order chi connectivity index (χ1) is 11.3. The van der Waals surface area contributed by atoms with Gasteiger partial charge in [0.1, 0.15) is 5.75 Å². The van der Waals surface area contributed by atoms with Crippen LogP contribution in [-0.2, 0) is 14.8 Å². The Bertz CT molecular complexity index is 909. The fourth-order valence-electron chi connectivity index (χ4n) is 2.68. The van der Waals surface area contributed by atoms with Crippen molar-refractivity contribution in [3.8, 4) is 5.75 Å². The number of benzene rings is 2. The minimum atomic E-state index is -3.85. The summed E-state index contributed by atoms with van der Waals surface area (Å²) in [5.41, 5.74) is 7.22. The summed E-state index contributed by atoms with van der Waals surface area (Å²) in [5, 5.41) is 0. The molecule has 0 saturated heterocycles. The Balaban J connectivity index is 2.16. The van der Waals surface area contributed by atoms with Crippen LogP contribution in [0.15, 0.2) is 47.4 Å². The van der Waals surface area contributed by atoms with Crippen molar-refractivity contribution in [3.63, 3.8) is 0 Å². The van der Waals surface area contributed by atoms with Gasteiger partial charge in [-0.15, -0.1) is 0 Å². The molecular formula is C17H18N2O4S. The van der Waals surface area contributed by atoms with E-state index in [1.807, 2.05) is 13.0 Å². The van der Waals surface area contributed by atoms with Gasteiger partial charge in [-0.2, -0.15) is 0 Å². The maximum atomic E-state index is 13.2. The summed E-state index contributed by atoms with van der Waals surface area (Å²) < 4.78 is 33.1. The van der Waals surface area contributed by atoms with Crippen LogP contribution in [0, 0.1) is 13.8 Å². The third-order valence-corrected chi connectivity index (χ3v) is 5.89. The quantitative estimate of drug-likeness (QED) is 0.917. The minimum absolute atomic E-state index is 0.151. The van der Waals surface area contributed by atoms with Crippen LogP contribution >= 0.6 is 0 Å². The molecule has 3 rings (SSSR count). The van der Waals surface area contributed by atoms with E-state index in [1.165, 1.54) is 4.31 Å². The number of para-hydroxylation sites is 2. The van der Waals surface area contributed by atoms with Crippen LogP contribution in [0.3, 0.4) is 0 Å². The molecule has 0 bridgehead atoms. The molecule has 0 saturated carbocycles. The van der Waals surface area contributed by atoms with Crippen molar-refractivity contribution in [1.82, 2.24) is 0 Å². The van der Waals surface area contributed by atoms with Gasteiger partial charge in [-0.05, 0) is 43.2 Å². The van der Waals surface area contributed by atoms with Gasteiger partial charge in [-0.25, -0.2) is 8.42 Å². The number of hydrogen-bond acceptors (Lipinski definition) is 4. The molecule has 0 aromatic heterocycles. The van der Waals surface area contributed by atoms with Gasteiger partial charge in [0.2, 0.25) is 0 Å². The van der Waals surface area contributed by atoms with Gasteiger partial charge in [-0.3, -0.25) is 9.10 Å². The lowest BCUT2D eigenvalue weighted by atomic mass is 10.2. The predicted molar refractivity (Wildman–Crippen MR) is 90.5 cm³/mol. The Morgan fingerprint density at radius 3 is 2.62 bits per heavy atom. The molecule has 2 aromatic carbocycles. The van der Waals surface area contributed by atoms with E-state index in [4.69, 9.17) is 10.5 Å². The Morgan fingerprint density at radius 2 is 1.92 bits per heavy atom. The normalized spacial score (nSPS) is 17.1. The Kier molecular flexibility index (Phi) is 3.96. The molecule has 0 aliphatic carbocycles. The summed E-state index contributed by atoms with van der Waals surface area (Å²) in [5.74, 6) is -0.382. The second-order valence-corrected chi connectivity index (χ2v) is 7.61. The average molecular weight is 346 g/mol. The molecule has 0 fully saturated rings. The Morgan fingerprint density at radius 1 is 1.21 bits per heavy atom. The average Bonchev–Trinajstić information content (AvgIpc) is 2.55. The van der Waals surface area contributed by atoms with Crippen LogP contribution in [0.4, 0.5) is 5.69 Å². The van der Waals surface area contributed by atoms with Crippen LogP contribution in [0.5, 0.6) is 5.75 Å². The molecule has 0 unspecified atom stereocenters. The first kappa shape index (κ1) is 16.3. The van der Waals surface area contributed by atoms with Crippen molar-refractivity contribution < 1.29 is 17.9 Å². The monoisotopic (exact) mass is 346 g/mol. The fraction of sp³-hybridized carbons (Fsp3) is 0.235. The van der Waals surface area contributed by atoms with Crippen molar-refractivity contribution in [2.75, 3.05) is 10.8 Å². The first-order valence-electron chi connectivity index (χ1n) is 7.45. The molecule has 2 aromatic rings. The lowest BCUT2D eigenvalue weighted by Crippen LogP contribution is -2.49. The molecule has 2 N–H and O–H groups in total. The SMILES string of the molecule is Cc1ccc(C)c(S(=O)(=O)N2C[C@H](C(N)=O)Oc3ccccc32)c1. The molecule has 7 heteroatoms. The van der Waals surface area contributed by atoms with E-state index in [9.17, 15) is 13.2 Å². The van der Waals surface area contributed by atoms with Gasteiger partial charge in [0.15, 0.2) is 6.10 Å². The maximum absolute atomic E-state index is 13.2. The number of carbonyl (C=O) groups is 1. The lowest BCUT2D eigenvalue weighted by Gasteiger charge is -2.34. The highest BCUT2D eigenvalue weighted by Gasteiger charge is 2.37. The molecule has 0 radical (unpaired) electrons. The molecule has 126 valence electrons. The van der Waals surface area contributed by atoms with Crippen molar-refractivity contribution in [2.24, 2.45) is 5.73 Å². The predicted octanol–water partition coefficient (Wildman–Crippen LogP) is 1.75. The summed E-state index contributed by atoms with van der Waals surface area (Å²) in [4.78, 5) is 11.8. The van der Waals surface area contributed by atoms with E-state index in [-0.39, 0.29) is 11.4 Å². The van der Waals surface area contributed by atoms with E-state index in [2.05, 4.69) is 0 Å². The highest BCUT2D eigenvalue weighted by molar-refractivity contribution is 7.92. The zero-order valence-corrected chi connectivity index (χ0v) is 14.2. The molecule has 1 aliphatic heterocycles. The van der Waals surface area contributed by atoms with Crippen LogP contribution in [0.2, 0.25) is 0 Å². The van der Waals surface area contributed by atoms with E-state index < -0.39 is 22.0 Å². The Labute approximate surface area is 140 Å². The topological polar surface area (TPSA) is 89.7 Å². The van der Waals surface area contributed by atoms with E-state index in [0.717, 1.165) is 5.56 Å². The molecule has 1 heterocycles. The number of anilines is 1. The number of rotatable bonds is 3. The van der Waals surface area contributed by atoms with Gasteiger partial charge in [-0.1, -0.05) is 24.3 Å². The van der Waals surface area contributed by atoms with E-state index >= 15 is 0 Å². The summed E-state index contributed by atoms with van der Waals surface area (Å²) in [6, 6.07) is 11.9. The number of ether oxygens (including phenoxy) is 1. The number of aryl methyl sites for hydroxylation is 2. The summed E-state index contributed by atoms with van der Waals surface area (Å²) in [6.45, 7) is 3.42. The number of hydrogen-bond donors (Lipinski definition) is 1. The van der Waals surface area contributed by atoms with Crippen LogP contribution in [0.25, 0.3) is 0 Å². The third kappa shape index (κ3) is 2.71. The number of fused-ring (bicyclic) bond motifs is 1. The first-order valence-corrected chi connectivity index (χ1v) is 8.89. The molecule has 1 amide bonds. The smallest absolute Gasteiger partial charge is 0.264 e. The third-order valence-electron chi connectivity index (χ3n) is 3.96. The number of nitrogens with zero attached hydrogens (tertiary/aromatic N) is 1. The van der Waals surface area contributed by atoms with Gasteiger partial charge >= 0.3 is 0 Å². The van der Waals surface area contributed by atoms with E-state index in [0.29, 0.717) is 17.0 Å². The zero-order chi connectivity index (χ0) is 17.5. The molecule has 24 heavy (non-hydrogen) atoms. The number of amides is 1. The van der Waals surface area contributed by atoms with Crippen molar-refractivity contribution in [3.05, 3.63) is 53.6 Å². The number of nitrogens with two attached hydrogens (primary N) is 1. The van der Waals surface area contributed by atoms with Crippen molar-refractivity contribution >= 4 is 21.6 Å². The Hall–Kier alpha value is -2.54. The van der Waals surface area contributed by atoms with Crippen LogP contribution < -0.4 is 14.8 Å². The van der Waals surface area contributed by atoms with Gasteiger partial charge in [0.05, 0.1) is 17.1 Å². The molecule has 1 aliphatic rings. The van der Waals surface area contributed by atoms with Gasteiger partial charge in [0.25, 0.3) is 15.9 Å². The second-order valence-electron chi connectivity index (χ2n) is 5.78. The molecule has 1 atom stereocenters. The zero-order valence-electron chi connectivity index (χ0n) is 13.4. The second kappa shape index (κ2) is 5.83. The molecule has 0 spiro atoms. The van der Waals surface area contributed by atoms with Crippen LogP contribution in [0.1, 0.15) is 11.1 Å². The highest BCUT2D eigenvalue weighted by atomic mass is 32.2. The molecule has 6 nitrogen and oxygen atoms in total. The summed E-state index contributed by atoms with van der Waals surface area (Å²) >= 11 is 0. The van der Waals surface area contributed by atoms with Gasteiger partial charge in [0, 0.05) is 0 Å².